The maximum atomic E-state index is 12.7. The average Bonchev–Trinajstić information content (AvgIpc) is 2.65. The molecule has 1 amide bonds. The van der Waals surface area contributed by atoms with Gasteiger partial charge in [-0.25, -0.2) is 13.2 Å². The highest BCUT2D eigenvalue weighted by molar-refractivity contribution is 7.89. The minimum absolute atomic E-state index is 0.178. The van der Waals surface area contributed by atoms with Crippen LogP contribution < -0.4 is 10.1 Å². The molecule has 0 aromatic heterocycles. The molecule has 2 rings (SSSR count). The van der Waals surface area contributed by atoms with Crippen molar-refractivity contribution in [3.05, 3.63) is 24.3 Å². The third-order valence-corrected chi connectivity index (χ3v) is 6.67. The third kappa shape index (κ3) is 4.98. The normalized spacial score (nSPS) is 17.5. The molecule has 0 spiro atoms. The number of hydrogen-bond donors (Lipinski definition) is 2. The topological polar surface area (TPSA) is 113 Å². The lowest BCUT2D eigenvalue weighted by Gasteiger charge is -2.31. The maximum Gasteiger partial charge on any atom is 0.326 e. The fourth-order valence-electron chi connectivity index (χ4n) is 3.04. The lowest BCUT2D eigenvalue weighted by atomic mass is 9.95. The first-order valence-corrected chi connectivity index (χ1v) is 10.3. The predicted octanol–water partition coefficient (Wildman–Crippen LogP) is 1.32. The fourth-order valence-corrected chi connectivity index (χ4v) is 4.51. The van der Waals surface area contributed by atoms with E-state index >= 15 is 0 Å². The Labute approximate surface area is 159 Å². The summed E-state index contributed by atoms with van der Waals surface area (Å²) >= 11 is 0. The third-order valence-electron chi connectivity index (χ3n) is 4.75. The van der Waals surface area contributed by atoms with Crippen molar-refractivity contribution in [1.29, 1.82) is 0 Å². The first kappa shape index (κ1) is 21.2. The fraction of sp³-hybridized carbons (Fsp3) is 0.556. The van der Waals surface area contributed by atoms with Crippen LogP contribution in [0.15, 0.2) is 29.2 Å². The number of carboxylic acids is 1. The lowest BCUT2D eigenvalue weighted by Crippen LogP contribution is -2.49. The molecule has 1 aliphatic heterocycles. The molecule has 1 aliphatic rings. The van der Waals surface area contributed by atoms with Crippen molar-refractivity contribution >= 4 is 21.9 Å². The van der Waals surface area contributed by atoms with Crippen molar-refractivity contribution in [2.75, 3.05) is 20.2 Å². The summed E-state index contributed by atoms with van der Waals surface area (Å²) in [6, 6.07) is 5.22. The largest absolute Gasteiger partial charge is 0.497 e. The minimum Gasteiger partial charge on any atom is -0.497 e. The summed E-state index contributed by atoms with van der Waals surface area (Å²) < 4.78 is 31.8. The Kier molecular flexibility index (Phi) is 6.83. The Morgan fingerprint density at radius 1 is 1.19 bits per heavy atom. The zero-order valence-electron chi connectivity index (χ0n) is 15.7. The molecule has 1 atom stereocenters. The number of carbonyl (C=O) groups excluding carboxylic acids is 1. The van der Waals surface area contributed by atoms with Crippen LogP contribution in [0.2, 0.25) is 0 Å². The number of sulfonamides is 1. The molecule has 1 aromatic rings. The number of aliphatic carboxylic acids is 1. The standard InChI is InChI=1S/C18H26N2O6S/c1-12(2)16(18(22)23)19-17(21)13-8-10-20(11-9-13)27(24,25)15-6-4-14(26-3)5-7-15/h4-7,12-13,16H,8-11H2,1-3H3,(H,19,21)(H,22,23)/t16-/m1/s1. The molecule has 0 radical (unpaired) electrons. The summed E-state index contributed by atoms with van der Waals surface area (Å²) in [5, 5.41) is 11.8. The number of carboxylic acid groups (broad SMARTS) is 1. The van der Waals surface area contributed by atoms with E-state index in [0.717, 1.165) is 0 Å². The molecule has 1 fully saturated rings. The van der Waals surface area contributed by atoms with Gasteiger partial charge in [0.15, 0.2) is 0 Å². The number of ether oxygens (including phenoxy) is 1. The van der Waals surface area contributed by atoms with Gasteiger partial charge in [-0.1, -0.05) is 13.8 Å². The molecule has 0 bridgehead atoms. The molecule has 0 unspecified atom stereocenters. The van der Waals surface area contributed by atoms with Crippen molar-refractivity contribution < 1.29 is 27.9 Å². The van der Waals surface area contributed by atoms with Gasteiger partial charge in [0, 0.05) is 19.0 Å². The number of nitrogens with one attached hydrogen (secondary N) is 1. The van der Waals surface area contributed by atoms with E-state index in [2.05, 4.69) is 5.32 Å². The van der Waals surface area contributed by atoms with Gasteiger partial charge in [0.2, 0.25) is 15.9 Å². The quantitative estimate of drug-likeness (QED) is 0.716. The summed E-state index contributed by atoms with van der Waals surface area (Å²) in [7, 11) is -2.13. The van der Waals surface area contributed by atoms with Gasteiger partial charge in [0.1, 0.15) is 11.8 Å². The number of carbonyl (C=O) groups is 2. The highest BCUT2D eigenvalue weighted by Crippen LogP contribution is 2.25. The molecule has 1 aromatic carbocycles. The molecule has 8 nitrogen and oxygen atoms in total. The monoisotopic (exact) mass is 398 g/mol. The van der Waals surface area contributed by atoms with Crippen LogP contribution >= 0.6 is 0 Å². The number of amides is 1. The van der Waals surface area contributed by atoms with Crippen LogP contribution in [-0.4, -0.2) is 55.9 Å². The van der Waals surface area contributed by atoms with E-state index in [9.17, 15) is 23.1 Å². The van der Waals surface area contributed by atoms with Gasteiger partial charge in [-0.05, 0) is 43.0 Å². The van der Waals surface area contributed by atoms with E-state index in [4.69, 9.17) is 4.74 Å². The van der Waals surface area contributed by atoms with Gasteiger partial charge in [-0.3, -0.25) is 4.79 Å². The second kappa shape index (κ2) is 8.71. The van der Waals surface area contributed by atoms with Gasteiger partial charge in [0.25, 0.3) is 0 Å². The summed E-state index contributed by atoms with van der Waals surface area (Å²) in [5.41, 5.74) is 0. The van der Waals surface area contributed by atoms with Crippen LogP contribution in [0.25, 0.3) is 0 Å². The van der Waals surface area contributed by atoms with E-state index in [1.807, 2.05) is 0 Å². The Hall–Kier alpha value is -2.13. The van der Waals surface area contributed by atoms with Crippen molar-refractivity contribution in [1.82, 2.24) is 9.62 Å². The molecule has 0 saturated carbocycles. The summed E-state index contributed by atoms with van der Waals surface area (Å²) in [6.45, 7) is 3.88. The lowest BCUT2D eigenvalue weighted by molar-refractivity contribution is -0.144. The number of benzene rings is 1. The number of hydrogen-bond acceptors (Lipinski definition) is 5. The highest BCUT2D eigenvalue weighted by Gasteiger charge is 2.34. The first-order valence-electron chi connectivity index (χ1n) is 8.84. The zero-order chi connectivity index (χ0) is 20.2. The Balaban J connectivity index is 1.99. The molecule has 1 heterocycles. The molecule has 9 heteroatoms. The van der Waals surface area contributed by atoms with Crippen LogP contribution in [-0.2, 0) is 19.6 Å². The molecular formula is C18H26N2O6S. The Morgan fingerprint density at radius 3 is 2.19 bits per heavy atom. The SMILES string of the molecule is COc1ccc(S(=O)(=O)N2CCC(C(=O)N[C@@H](C(=O)O)C(C)C)CC2)cc1. The molecule has 27 heavy (non-hydrogen) atoms. The summed E-state index contributed by atoms with van der Waals surface area (Å²) in [6.07, 6.45) is 0.706. The van der Waals surface area contributed by atoms with E-state index in [-0.39, 0.29) is 29.8 Å². The van der Waals surface area contributed by atoms with Gasteiger partial charge in [-0.15, -0.1) is 0 Å². The van der Waals surface area contributed by atoms with E-state index in [0.29, 0.717) is 18.6 Å². The Morgan fingerprint density at radius 2 is 1.74 bits per heavy atom. The van der Waals surface area contributed by atoms with Crippen LogP contribution in [0.1, 0.15) is 26.7 Å². The molecule has 0 aliphatic carbocycles. The van der Waals surface area contributed by atoms with E-state index in [1.54, 1.807) is 26.0 Å². The molecular weight excluding hydrogens is 372 g/mol. The van der Waals surface area contributed by atoms with E-state index < -0.39 is 28.0 Å². The number of nitrogens with zero attached hydrogens (tertiary/aromatic N) is 1. The zero-order valence-corrected chi connectivity index (χ0v) is 16.5. The van der Waals surface area contributed by atoms with Crippen LogP contribution in [0.5, 0.6) is 5.75 Å². The van der Waals surface area contributed by atoms with Crippen LogP contribution in [0, 0.1) is 11.8 Å². The van der Waals surface area contributed by atoms with Crippen LogP contribution in [0.3, 0.4) is 0 Å². The molecule has 1 saturated heterocycles. The second-order valence-corrected chi connectivity index (χ2v) is 8.86. The summed E-state index contributed by atoms with van der Waals surface area (Å²) in [4.78, 5) is 23.8. The molecule has 150 valence electrons. The van der Waals surface area contributed by atoms with Gasteiger partial charge >= 0.3 is 5.97 Å². The highest BCUT2D eigenvalue weighted by atomic mass is 32.2. The predicted molar refractivity (Wildman–Crippen MR) is 98.9 cm³/mol. The van der Waals surface area contributed by atoms with Crippen molar-refractivity contribution in [2.45, 2.75) is 37.6 Å². The first-order chi connectivity index (χ1) is 12.7. The maximum absolute atomic E-state index is 12.7. The van der Waals surface area contributed by atoms with E-state index in [1.165, 1.54) is 23.5 Å². The van der Waals surface area contributed by atoms with Crippen molar-refractivity contribution in [3.63, 3.8) is 0 Å². The number of piperidine rings is 1. The number of methoxy groups -OCH3 is 1. The van der Waals surface area contributed by atoms with Gasteiger partial charge in [0.05, 0.1) is 12.0 Å². The number of rotatable bonds is 7. The van der Waals surface area contributed by atoms with Crippen molar-refractivity contribution in [3.8, 4) is 5.75 Å². The Bertz CT molecular complexity index is 768. The minimum atomic E-state index is -3.63. The second-order valence-electron chi connectivity index (χ2n) is 6.92. The van der Waals surface area contributed by atoms with Gasteiger partial charge < -0.3 is 15.2 Å². The smallest absolute Gasteiger partial charge is 0.326 e. The molecule has 2 N–H and O–H groups in total. The van der Waals surface area contributed by atoms with Gasteiger partial charge in [-0.2, -0.15) is 4.31 Å². The van der Waals surface area contributed by atoms with Crippen LogP contribution in [0.4, 0.5) is 0 Å². The average molecular weight is 398 g/mol. The van der Waals surface area contributed by atoms with Crippen molar-refractivity contribution in [2.24, 2.45) is 11.8 Å². The summed E-state index contributed by atoms with van der Waals surface area (Å²) in [5.74, 6) is -1.46.